The lowest BCUT2D eigenvalue weighted by Crippen LogP contribution is -2.26. The third-order valence-electron chi connectivity index (χ3n) is 2.97. The molecule has 0 atom stereocenters. The van der Waals surface area contributed by atoms with Crippen LogP contribution in [0.5, 0.6) is 0 Å². The maximum atomic E-state index is 12.4. The molecule has 0 fully saturated rings. The van der Waals surface area contributed by atoms with Gasteiger partial charge in [-0.05, 0) is 42.5 Å². The molecule has 0 aliphatic heterocycles. The molecule has 2 aromatic rings. The van der Waals surface area contributed by atoms with E-state index in [0.29, 0.717) is 16.9 Å². The molecule has 21 heavy (non-hydrogen) atoms. The number of carbonyl (C=O) groups excluding carboxylic acids is 1. The van der Waals surface area contributed by atoms with E-state index in [1.807, 2.05) is 0 Å². The van der Waals surface area contributed by atoms with Crippen molar-refractivity contribution < 1.29 is 14.7 Å². The molecule has 1 amide bonds. The predicted octanol–water partition coefficient (Wildman–Crippen LogP) is 3.01. The number of hydrogen-bond donors (Lipinski definition) is 2. The third-order valence-corrected chi connectivity index (χ3v) is 3.43. The number of nitrogens with zero attached hydrogens (tertiary/aromatic N) is 1. The van der Waals surface area contributed by atoms with Gasteiger partial charge in [-0.15, -0.1) is 0 Å². The van der Waals surface area contributed by atoms with Crippen LogP contribution in [0, 0.1) is 0 Å². The van der Waals surface area contributed by atoms with E-state index in [1.165, 1.54) is 17.0 Å². The lowest BCUT2D eigenvalue weighted by molar-refractivity contribution is 0.0696. The molecule has 108 valence electrons. The molecule has 2 rings (SSSR count). The highest BCUT2D eigenvalue weighted by Crippen LogP contribution is 2.21. The summed E-state index contributed by atoms with van der Waals surface area (Å²) in [6, 6.07) is 11.1. The second kappa shape index (κ2) is 5.97. The highest BCUT2D eigenvalue weighted by molar-refractivity contribution is 9.10. The SMILES string of the molecule is CN(C(=O)c1cc(N)cc(Br)c1)c1ccc(C(=O)O)cc1. The van der Waals surface area contributed by atoms with Crippen molar-refractivity contribution in [2.75, 3.05) is 17.7 Å². The molecule has 0 saturated carbocycles. The van der Waals surface area contributed by atoms with Gasteiger partial charge in [0.1, 0.15) is 0 Å². The minimum Gasteiger partial charge on any atom is -0.478 e. The molecule has 0 spiro atoms. The summed E-state index contributed by atoms with van der Waals surface area (Å²) in [5, 5.41) is 8.86. The van der Waals surface area contributed by atoms with Crippen LogP contribution in [0.1, 0.15) is 20.7 Å². The van der Waals surface area contributed by atoms with E-state index in [2.05, 4.69) is 15.9 Å². The normalized spacial score (nSPS) is 10.2. The Kier molecular flexibility index (Phi) is 4.28. The van der Waals surface area contributed by atoms with Gasteiger partial charge in [0.05, 0.1) is 5.56 Å². The number of benzene rings is 2. The van der Waals surface area contributed by atoms with E-state index < -0.39 is 5.97 Å². The molecule has 0 heterocycles. The lowest BCUT2D eigenvalue weighted by Gasteiger charge is -2.18. The average molecular weight is 349 g/mol. The monoisotopic (exact) mass is 348 g/mol. The molecule has 2 aromatic carbocycles. The summed E-state index contributed by atoms with van der Waals surface area (Å²) in [5.74, 6) is -1.23. The fourth-order valence-corrected chi connectivity index (χ4v) is 2.39. The number of anilines is 2. The Hall–Kier alpha value is -2.34. The van der Waals surface area contributed by atoms with Crippen molar-refractivity contribution in [3.8, 4) is 0 Å². The minimum absolute atomic E-state index is 0.172. The Bertz CT molecular complexity index is 678. The number of nitrogens with two attached hydrogens (primary N) is 1. The number of amides is 1. The molecule has 5 nitrogen and oxygen atoms in total. The van der Waals surface area contributed by atoms with Gasteiger partial charge in [0.25, 0.3) is 5.91 Å². The zero-order chi connectivity index (χ0) is 15.6. The summed E-state index contributed by atoms with van der Waals surface area (Å²) in [5.41, 5.74) is 7.44. The average Bonchev–Trinajstić information content (AvgIpc) is 2.44. The number of rotatable bonds is 3. The number of hydrogen-bond acceptors (Lipinski definition) is 3. The number of halogens is 1. The van der Waals surface area contributed by atoms with Crippen molar-refractivity contribution >= 4 is 39.2 Å². The fourth-order valence-electron chi connectivity index (χ4n) is 1.87. The highest BCUT2D eigenvalue weighted by atomic mass is 79.9. The van der Waals surface area contributed by atoms with Crippen LogP contribution in [-0.2, 0) is 0 Å². The van der Waals surface area contributed by atoms with Gasteiger partial charge in [-0.3, -0.25) is 4.79 Å². The molecule has 6 heteroatoms. The Balaban J connectivity index is 2.28. The molecule has 0 bridgehead atoms. The molecule has 3 N–H and O–H groups in total. The summed E-state index contributed by atoms with van der Waals surface area (Å²) in [6.07, 6.45) is 0. The first-order chi connectivity index (χ1) is 9.88. The first-order valence-electron chi connectivity index (χ1n) is 6.06. The van der Waals surface area contributed by atoms with Crippen molar-refractivity contribution in [1.82, 2.24) is 0 Å². The molecule has 0 aromatic heterocycles. The van der Waals surface area contributed by atoms with E-state index in [-0.39, 0.29) is 11.5 Å². The fraction of sp³-hybridized carbons (Fsp3) is 0.0667. The van der Waals surface area contributed by atoms with E-state index >= 15 is 0 Å². The Morgan fingerprint density at radius 2 is 1.71 bits per heavy atom. The largest absolute Gasteiger partial charge is 0.478 e. The van der Waals surface area contributed by atoms with Crippen molar-refractivity contribution in [3.63, 3.8) is 0 Å². The highest BCUT2D eigenvalue weighted by Gasteiger charge is 2.15. The minimum atomic E-state index is -1.00. The number of carboxylic acids is 1. The molecular formula is C15H13BrN2O3. The van der Waals surface area contributed by atoms with Gasteiger partial charge < -0.3 is 15.7 Å². The first kappa shape index (κ1) is 15.1. The third kappa shape index (κ3) is 3.41. The summed E-state index contributed by atoms with van der Waals surface area (Å²) in [4.78, 5) is 24.7. The summed E-state index contributed by atoms with van der Waals surface area (Å²) < 4.78 is 0.723. The maximum Gasteiger partial charge on any atom is 0.335 e. The lowest BCUT2D eigenvalue weighted by atomic mass is 10.1. The Morgan fingerprint density at radius 1 is 1.10 bits per heavy atom. The molecule has 0 aliphatic rings. The van der Waals surface area contributed by atoms with Crippen LogP contribution in [-0.4, -0.2) is 24.0 Å². The molecule has 0 saturated heterocycles. The standard InChI is InChI=1S/C15H13BrN2O3/c1-18(13-4-2-9(3-5-13)15(20)21)14(19)10-6-11(16)8-12(17)7-10/h2-8H,17H2,1H3,(H,20,21). The quantitative estimate of drug-likeness (QED) is 0.835. The summed E-state index contributed by atoms with van der Waals surface area (Å²) in [7, 11) is 1.62. The van der Waals surface area contributed by atoms with Crippen LogP contribution in [0.25, 0.3) is 0 Å². The zero-order valence-corrected chi connectivity index (χ0v) is 12.8. The van der Waals surface area contributed by atoms with E-state index in [0.717, 1.165) is 4.47 Å². The van der Waals surface area contributed by atoms with Crippen LogP contribution in [0.2, 0.25) is 0 Å². The number of carboxylic acid groups (broad SMARTS) is 1. The summed E-state index contributed by atoms with van der Waals surface area (Å²) in [6.45, 7) is 0. The predicted molar refractivity (Wildman–Crippen MR) is 84.7 cm³/mol. The molecule has 0 unspecified atom stereocenters. The Morgan fingerprint density at radius 3 is 2.24 bits per heavy atom. The van der Waals surface area contributed by atoms with Crippen molar-refractivity contribution in [2.45, 2.75) is 0 Å². The van der Waals surface area contributed by atoms with Gasteiger partial charge in [0.15, 0.2) is 0 Å². The van der Waals surface area contributed by atoms with Crippen molar-refractivity contribution in [3.05, 3.63) is 58.1 Å². The molecule has 0 radical (unpaired) electrons. The van der Waals surface area contributed by atoms with E-state index in [4.69, 9.17) is 10.8 Å². The topological polar surface area (TPSA) is 83.6 Å². The maximum absolute atomic E-state index is 12.4. The summed E-state index contributed by atoms with van der Waals surface area (Å²) >= 11 is 3.30. The van der Waals surface area contributed by atoms with E-state index in [1.54, 1.807) is 37.4 Å². The van der Waals surface area contributed by atoms with Crippen LogP contribution in [0.4, 0.5) is 11.4 Å². The van der Waals surface area contributed by atoms with Gasteiger partial charge in [-0.2, -0.15) is 0 Å². The molecular weight excluding hydrogens is 336 g/mol. The van der Waals surface area contributed by atoms with Crippen LogP contribution in [0.3, 0.4) is 0 Å². The van der Waals surface area contributed by atoms with Crippen molar-refractivity contribution in [2.24, 2.45) is 0 Å². The second-order valence-corrected chi connectivity index (χ2v) is 5.41. The van der Waals surface area contributed by atoms with Gasteiger partial charge in [-0.1, -0.05) is 15.9 Å². The number of aromatic carboxylic acids is 1. The number of nitrogen functional groups attached to an aromatic ring is 1. The second-order valence-electron chi connectivity index (χ2n) is 4.49. The van der Waals surface area contributed by atoms with Gasteiger partial charge >= 0.3 is 5.97 Å². The smallest absolute Gasteiger partial charge is 0.335 e. The van der Waals surface area contributed by atoms with Gasteiger partial charge in [0, 0.05) is 28.5 Å². The van der Waals surface area contributed by atoms with Gasteiger partial charge in [0.2, 0.25) is 0 Å². The van der Waals surface area contributed by atoms with E-state index in [9.17, 15) is 9.59 Å². The Labute approximate surface area is 130 Å². The molecule has 0 aliphatic carbocycles. The zero-order valence-electron chi connectivity index (χ0n) is 11.2. The van der Waals surface area contributed by atoms with Gasteiger partial charge in [-0.25, -0.2) is 4.79 Å². The van der Waals surface area contributed by atoms with Crippen LogP contribution >= 0.6 is 15.9 Å². The first-order valence-corrected chi connectivity index (χ1v) is 6.85. The van der Waals surface area contributed by atoms with Crippen molar-refractivity contribution in [1.29, 1.82) is 0 Å². The number of carbonyl (C=O) groups is 2. The van der Waals surface area contributed by atoms with Crippen LogP contribution < -0.4 is 10.6 Å². The van der Waals surface area contributed by atoms with Crippen LogP contribution in [0.15, 0.2) is 46.9 Å².